The minimum absolute atomic E-state index is 0.165. The van der Waals surface area contributed by atoms with E-state index in [2.05, 4.69) is 9.97 Å². The molecule has 1 unspecified atom stereocenters. The van der Waals surface area contributed by atoms with Crippen LogP contribution in [0, 0.1) is 0 Å². The van der Waals surface area contributed by atoms with Crippen LogP contribution in [0.3, 0.4) is 0 Å². The van der Waals surface area contributed by atoms with E-state index in [-0.39, 0.29) is 43.7 Å². The van der Waals surface area contributed by atoms with Gasteiger partial charge in [-0.15, -0.1) is 0 Å². The van der Waals surface area contributed by atoms with Crippen LogP contribution in [-0.4, -0.2) is 69.9 Å². The number of rotatable bonds is 6. The van der Waals surface area contributed by atoms with Gasteiger partial charge in [-0.3, -0.25) is 4.98 Å². The van der Waals surface area contributed by atoms with Gasteiger partial charge in [0, 0.05) is 37.7 Å². The predicted octanol–water partition coefficient (Wildman–Crippen LogP) is 5.57. The van der Waals surface area contributed by atoms with Crippen LogP contribution in [0.1, 0.15) is 63.9 Å². The van der Waals surface area contributed by atoms with Crippen LogP contribution < -0.4 is 0 Å². The number of aromatic nitrogens is 3. The fraction of sp³-hybridized carbons (Fsp3) is 0.654. The average Bonchev–Trinajstić information content (AvgIpc) is 3.27. The molecule has 0 bridgehead atoms. The van der Waals surface area contributed by atoms with Crippen molar-refractivity contribution in [1.29, 1.82) is 0 Å². The summed E-state index contributed by atoms with van der Waals surface area (Å²) in [5, 5.41) is 0. The molecule has 4 rings (SSSR count). The van der Waals surface area contributed by atoms with Crippen molar-refractivity contribution in [3.8, 4) is 11.3 Å². The van der Waals surface area contributed by atoms with E-state index in [0.29, 0.717) is 19.0 Å². The lowest BCUT2D eigenvalue weighted by atomic mass is 9.94. The molecule has 12 heteroatoms. The number of alkyl halides is 4. The van der Waals surface area contributed by atoms with Crippen LogP contribution >= 0.6 is 0 Å². The van der Waals surface area contributed by atoms with Crippen LogP contribution in [0.5, 0.6) is 0 Å². The van der Waals surface area contributed by atoms with E-state index in [1.54, 1.807) is 31.5 Å². The van der Waals surface area contributed by atoms with Crippen molar-refractivity contribution in [2.24, 2.45) is 0 Å². The molecule has 2 fully saturated rings. The van der Waals surface area contributed by atoms with Gasteiger partial charge in [0.25, 0.3) is 0 Å². The van der Waals surface area contributed by atoms with Crippen LogP contribution in [0.4, 0.5) is 22.4 Å². The molecule has 2 aliphatic heterocycles. The molecule has 2 aliphatic rings. The second-order valence-electron chi connectivity index (χ2n) is 10.6. The van der Waals surface area contributed by atoms with Crippen molar-refractivity contribution in [2.45, 2.75) is 83.2 Å². The lowest BCUT2D eigenvalue weighted by Crippen LogP contribution is -2.46. The largest absolute Gasteiger partial charge is 0.444 e. The zero-order valence-electron chi connectivity index (χ0n) is 21.8. The Balaban J connectivity index is 1.55. The van der Waals surface area contributed by atoms with Crippen LogP contribution in [-0.2, 0) is 26.9 Å². The van der Waals surface area contributed by atoms with E-state index in [0.717, 1.165) is 31.5 Å². The van der Waals surface area contributed by atoms with Gasteiger partial charge in [0.15, 0.2) is 6.29 Å². The van der Waals surface area contributed by atoms with Crippen molar-refractivity contribution in [3.63, 3.8) is 0 Å². The number of halogens is 4. The molecule has 0 saturated carbocycles. The molecule has 1 amide bonds. The molecule has 2 aromatic heterocycles. The molecule has 0 radical (unpaired) electrons. The van der Waals surface area contributed by atoms with Crippen LogP contribution in [0.25, 0.3) is 11.3 Å². The summed E-state index contributed by atoms with van der Waals surface area (Å²) < 4.78 is 73.8. The number of carbonyl (C=O) groups excluding carboxylic acids is 1. The number of carbonyl (C=O) groups is 1. The molecule has 2 aromatic rings. The van der Waals surface area contributed by atoms with E-state index in [1.165, 1.54) is 11.0 Å². The maximum Gasteiger partial charge on any atom is 0.433 e. The first-order chi connectivity index (χ1) is 17.9. The minimum Gasteiger partial charge on any atom is -0.444 e. The van der Waals surface area contributed by atoms with Gasteiger partial charge in [0.1, 0.15) is 23.3 Å². The standard InChI is InChI=1S/C26H34F4N4O4/c1-25(2,3)38-24(35)34-10-8-18(19(27)15-34)23-32-20(17-7-9-31-21(14-17)26(28,29)30)16-33(23)11-13-37-22-6-4-5-12-36-22/h7,9,14,16,18-19,22H,4-6,8,10-13,15H2,1-3H3/t18-,19+,22?/m0/s1. The van der Waals surface area contributed by atoms with E-state index in [1.807, 2.05) is 0 Å². The van der Waals surface area contributed by atoms with Crippen molar-refractivity contribution in [2.75, 3.05) is 26.3 Å². The Hall–Kier alpha value is -2.73. The summed E-state index contributed by atoms with van der Waals surface area (Å²) in [6.45, 7) is 6.55. The number of hydrogen-bond donors (Lipinski definition) is 0. The third-order valence-corrected chi connectivity index (χ3v) is 6.45. The molecule has 38 heavy (non-hydrogen) atoms. The van der Waals surface area contributed by atoms with Gasteiger partial charge < -0.3 is 23.7 Å². The summed E-state index contributed by atoms with van der Waals surface area (Å²) in [5.41, 5.74) is -1.22. The summed E-state index contributed by atoms with van der Waals surface area (Å²) in [5.74, 6) is -0.257. The molecular weight excluding hydrogens is 508 g/mol. The normalized spacial score (nSPS) is 22.9. The van der Waals surface area contributed by atoms with E-state index in [4.69, 9.17) is 14.2 Å². The lowest BCUT2D eigenvalue weighted by molar-refractivity contribution is -0.163. The Labute approximate surface area is 219 Å². The molecule has 0 spiro atoms. The fourth-order valence-electron chi connectivity index (χ4n) is 4.60. The van der Waals surface area contributed by atoms with Gasteiger partial charge in [-0.05, 0) is 58.6 Å². The molecule has 210 valence electrons. The molecule has 3 atom stereocenters. The molecule has 8 nitrogen and oxygen atoms in total. The third-order valence-electron chi connectivity index (χ3n) is 6.45. The van der Waals surface area contributed by atoms with Gasteiger partial charge >= 0.3 is 12.3 Å². The third kappa shape index (κ3) is 7.22. The maximum atomic E-state index is 15.5. The highest BCUT2D eigenvalue weighted by molar-refractivity contribution is 5.68. The van der Waals surface area contributed by atoms with Crippen molar-refractivity contribution < 1.29 is 36.6 Å². The van der Waals surface area contributed by atoms with Gasteiger partial charge in [-0.1, -0.05) is 0 Å². The number of hydrogen-bond acceptors (Lipinski definition) is 6. The summed E-state index contributed by atoms with van der Waals surface area (Å²) in [7, 11) is 0. The van der Waals surface area contributed by atoms with E-state index >= 15 is 4.39 Å². The van der Waals surface area contributed by atoms with Crippen LogP contribution in [0.15, 0.2) is 24.5 Å². The van der Waals surface area contributed by atoms with Gasteiger partial charge in [0.05, 0.1) is 24.8 Å². The Morgan fingerprint density at radius 2 is 2.00 bits per heavy atom. The molecule has 0 aliphatic carbocycles. The Kier molecular flexibility index (Phi) is 8.61. The number of imidazole rings is 1. The first kappa shape index (κ1) is 28.3. The highest BCUT2D eigenvalue weighted by atomic mass is 19.4. The van der Waals surface area contributed by atoms with Gasteiger partial charge in [-0.2, -0.15) is 13.2 Å². The maximum absolute atomic E-state index is 15.5. The highest BCUT2D eigenvalue weighted by Crippen LogP contribution is 2.34. The minimum atomic E-state index is -4.60. The van der Waals surface area contributed by atoms with E-state index < -0.39 is 35.7 Å². The number of likely N-dealkylation sites (tertiary alicyclic amines) is 1. The van der Waals surface area contributed by atoms with Crippen LogP contribution in [0.2, 0.25) is 0 Å². The summed E-state index contributed by atoms with van der Waals surface area (Å²) in [6, 6.07) is 2.37. The number of pyridine rings is 1. The summed E-state index contributed by atoms with van der Waals surface area (Å²) in [6.07, 6.45) is -1.17. The van der Waals surface area contributed by atoms with E-state index in [9.17, 15) is 18.0 Å². The molecule has 0 N–H and O–H groups in total. The summed E-state index contributed by atoms with van der Waals surface area (Å²) >= 11 is 0. The molecule has 2 saturated heterocycles. The van der Waals surface area contributed by atoms with Crippen molar-refractivity contribution in [1.82, 2.24) is 19.4 Å². The lowest BCUT2D eigenvalue weighted by Gasteiger charge is -2.35. The molecule has 4 heterocycles. The topological polar surface area (TPSA) is 78.7 Å². The summed E-state index contributed by atoms with van der Waals surface area (Å²) in [4.78, 5) is 21.8. The molecule has 0 aromatic carbocycles. The van der Waals surface area contributed by atoms with Crippen molar-refractivity contribution >= 4 is 6.09 Å². The van der Waals surface area contributed by atoms with Gasteiger partial charge in [-0.25, -0.2) is 14.2 Å². The number of amides is 1. The number of piperidine rings is 1. The Bertz CT molecular complexity index is 1100. The fourth-order valence-corrected chi connectivity index (χ4v) is 4.60. The first-order valence-corrected chi connectivity index (χ1v) is 12.9. The second kappa shape index (κ2) is 11.6. The zero-order chi connectivity index (χ0) is 27.5. The molecular formula is C26H34F4N4O4. The zero-order valence-corrected chi connectivity index (χ0v) is 21.8. The SMILES string of the molecule is CC(C)(C)OC(=O)N1CC[C@H](c2nc(-c3ccnc(C(F)(F)F)c3)cn2CCOC2CCCCO2)[C@H](F)C1. The first-order valence-electron chi connectivity index (χ1n) is 12.9. The smallest absolute Gasteiger partial charge is 0.433 e. The number of ether oxygens (including phenoxy) is 3. The Morgan fingerprint density at radius 3 is 2.66 bits per heavy atom. The second-order valence-corrected chi connectivity index (χ2v) is 10.6. The van der Waals surface area contributed by atoms with Gasteiger partial charge in [0.2, 0.25) is 0 Å². The monoisotopic (exact) mass is 542 g/mol. The highest BCUT2D eigenvalue weighted by Gasteiger charge is 2.37. The predicted molar refractivity (Wildman–Crippen MR) is 130 cm³/mol. The Morgan fingerprint density at radius 1 is 1.21 bits per heavy atom. The average molecular weight is 543 g/mol. The quantitative estimate of drug-likeness (QED) is 0.444. The van der Waals surface area contributed by atoms with Crippen molar-refractivity contribution in [3.05, 3.63) is 36.0 Å². The number of nitrogens with zero attached hydrogens (tertiary/aromatic N) is 4.